The van der Waals surface area contributed by atoms with Crippen molar-refractivity contribution in [3.05, 3.63) is 58.2 Å². The van der Waals surface area contributed by atoms with Crippen LogP contribution in [-0.4, -0.2) is 22.5 Å². The molecule has 1 atom stereocenters. The number of pyridine rings is 1. The number of fused-ring (bicyclic) bond motifs is 1. The number of carbonyl (C=O) groups is 1. The number of benzene rings is 1. The normalized spacial score (nSPS) is 19.9. The lowest BCUT2D eigenvalue weighted by Gasteiger charge is -2.34. The maximum absolute atomic E-state index is 11.1. The number of aliphatic hydroxyl groups is 1. The molecule has 0 fully saturated rings. The molecule has 0 spiro atoms. The van der Waals surface area contributed by atoms with Gasteiger partial charge in [-0.1, -0.05) is 35.9 Å². The summed E-state index contributed by atoms with van der Waals surface area (Å²) in [5.41, 5.74) is 6.62. The van der Waals surface area contributed by atoms with Gasteiger partial charge in [0.1, 0.15) is 11.4 Å². The number of nitrogens with two attached hydrogens (primary N) is 1. The first kappa shape index (κ1) is 15.8. The molecule has 0 saturated carbocycles. The van der Waals surface area contributed by atoms with Gasteiger partial charge in [0.2, 0.25) is 5.91 Å². The summed E-state index contributed by atoms with van der Waals surface area (Å²) in [4.78, 5) is 15.2. The summed E-state index contributed by atoms with van der Waals surface area (Å²) < 4.78 is 0. The molecule has 0 saturated heterocycles. The molecule has 0 aliphatic heterocycles. The first-order valence-corrected chi connectivity index (χ1v) is 7.87. The highest BCUT2D eigenvalue weighted by Gasteiger charge is 2.34. The smallest absolute Gasteiger partial charge is 0.250 e. The number of anilines is 1. The van der Waals surface area contributed by atoms with Crippen molar-refractivity contribution < 1.29 is 9.90 Å². The zero-order valence-electron chi connectivity index (χ0n) is 12.6. The highest BCUT2D eigenvalue weighted by Crippen LogP contribution is 2.35. The predicted octanol–water partition coefficient (Wildman–Crippen LogP) is 2.47. The highest BCUT2D eigenvalue weighted by atomic mass is 35.5. The Morgan fingerprint density at radius 2 is 2.22 bits per heavy atom. The van der Waals surface area contributed by atoms with E-state index in [9.17, 15) is 9.90 Å². The van der Waals surface area contributed by atoms with Crippen molar-refractivity contribution >= 4 is 23.3 Å². The van der Waals surface area contributed by atoms with Crippen molar-refractivity contribution in [2.45, 2.75) is 24.9 Å². The third-order valence-electron chi connectivity index (χ3n) is 4.23. The van der Waals surface area contributed by atoms with Crippen LogP contribution >= 0.6 is 11.6 Å². The van der Waals surface area contributed by atoms with E-state index in [1.807, 2.05) is 24.3 Å². The van der Waals surface area contributed by atoms with Crippen LogP contribution in [0.3, 0.4) is 0 Å². The van der Waals surface area contributed by atoms with Crippen molar-refractivity contribution in [3.63, 3.8) is 0 Å². The molecule has 1 heterocycles. The Balaban J connectivity index is 1.80. The fourth-order valence-corrected chi connectivity index (χ4v) is 3.25. The van der Waals surface area contributed by atoms with Crippen LogP contribution < -0.4 is 11.1 Å². The van der Waals surface area contributed by atoms with E-state index in [2.05, 4.69) is 10.3 Å². The Kier molecular flexibility index (Phi) is 4.24. The van der Waals surface area contributed by atoms with Crippen LogP contribution in [0.25, 0.3) is 0 Å². The molecule has 1 amide bonds. The fourth-order valence-electron chi connectivity index (χ4n) is 3.01. The van der Waals surface area contributed by atoms with Gasteiger partial charge in [0.05, 0.1) is 10.6 Å². The minimum Gasteiger partial charge on any atom is -0.383 e. The summed E-state index contributed by atoms with van der Waals surface area (Å²) in [5.74, 6) is -0.154. The number of hydrogen-bond acceptors (Lipinski definition) is 4. The molecule has 1 aliphatic carbocycles. The second kappa shape index (κ2) is 6.18. The molecule has 23 heavy (non-hydrogen) atoms. The van der Waals surface area contributed by atoms with E-state index in [0.717, 1.165) is 18.4 Å². The second-order valence-electron chi connectivity index (χ2n) is 5.81. The molecule has 4 N–H and O–H groups in total. The number of nitrogens with zero attached hydrogens (tertiary/aromatic N) is 1. The van der Waals surface area contributed by atoms with Crippen molar-refractivity contribution in [2.24, 2.45) is 5.73 Å². The van der Waals surface area contributed by atoms with Crippen LogP contribution in [0, 0.1) is 0 Å². The molecule has 3 rings (SSSR count). The molecule has 2 aromatic rings. The Hall–Kier alpha value is -2.11. The molecule has 120 valence electrons. The van der Waals surface area contributed by atoms with Crippen molar-refractivity contribution in [2.75, 3.05) is 11.9 Å². The molecular weight excluding hydrogens is 314 g/mol. The summed E-state index contributed by atoms with van der Waals surface area (Å²) in [6.45, 7) is 0.298. The van der Waals surface area contributed by atoms with Crippen LogP contribution in [0.5, 0.6) is 0 Å². The summed E-state index contributed by atoms with van der Waals surface area (Å²) in [5, 5.41) is 14.4. The highest BCUT2D eigenvalue weighted by molar-refractivity contribution is 6.33. The zero-order valence-corrected chi connectivity index (χ0v) is 13.3. The monoisotopic (exact) mass is 331 g/mol. The third-order valence-corrected chi connectivity index (χ3v) is 4.52. The standard InChI is InChI=1S/C17H18ClN3O2/c18-14-8-12(15(19)22)9-20-16(14)21-10-17(23)7-3-5-11-4-1-2-6-13(11)17/h1-2,4,6,8-9,23H,3,5,7,10H2,(H2,19,22)(H,20,21). The molecule has 1 aliphatic rings. The van der Waals surface area contributed by atoms with Gasteiger partial charge in [0.15, 0.2) is 0 Å². The van der Waals surface area contributed by atoms with Crippen LogP contribution in [-0.2, 0) is 12.0 Å². The molecule has 1 aromatic carbocycles. The number of aryl methyl sites for hydroxylation is 1. The van der Waals surface area contributed by atoms with Gasteiger partial charge in [0.25, 0.3) is 0 Å². The minimum atomic E-state index is -0.956. The largest absolute Gasteiger partial charge is 0.383 e. The number of halogens is 1. The van der Waals surface area contributed by atoms with Gasteiger partial charge in [-0.15, -0.1) is 0 Å². The molecule has 6 heteroatoms. The van der Waals surface area contributed by atoms with Gasteiger partial charge in [-0.2, -0.15) is 0 Å². The van der Waals surface area contributed by atoms with E-state index in [-0.39, 0.29) is 5.56 Å². The number of primary amides is 1. The third kappa shape index (κ3) is 3.16. The van der Waals surface area contributed by atoms with Crippen molar-refractivity contribution in [3.8, 4) is 0 Å². The van der Waals surface area contributed by atoms with Gasteiger partial charge in [-0.05, 0) is 36.5 Å². The van der Waals surface area contributed by atoms with Gasteiger partial charge in [-0.3, -0.25) is 4.79 Å². The molecule has 1 aromatic heterocycles. The Bertz CT molecular complexity index is 750. The molecule has 5 nitrogen and oxygen atoms in total. The quantitative estimate of drug-likeness (QED) is 0.803. The number of carbonyl (C=O) groups excluding carboxylic acids is 1. The SMILES string of the molecule is NC(=O)c1cnc(NCC2(O)CCCc3ccccc32)c(Cl)c1. The lowest BCUT2D eigenvalue weighted by Crippen LogP contribution is -2.37. The summed E-state index contributed by atoms with van der Waals surface area (Å²) in [6, 6.07) is 9.40. The predicted molar refractivity (Wildman–Crippen MR) is 89.5 cm³/mol. The maximum Gasteiger partial charge on any atom is 0.250 e. The minimum absolute atomic E-state index is 0.252. The Morgan fingerprint density at radius 3 is 2.96 bits per heavy atom. The van der Waals surface area contributed by atoms with Gasteiger partial charge < -0.3 is 16.2 Å². The van der Waals surface area contributed by atoms with Crippen LogP contribution in [0.2, 0.25) is 5.02 Å². The molecule has 0 radical (unpaired) electrons. The van der Waals surface area contributed by atoms with E-state index in [1.54, 1.807) is 0 Å². The van der Waals surface area contributed by atoms with Crippen molar-refractivity contribution in [1.29, 1.82) is 0 Å². The number of nitrogens with one attached hydrogen (secondary N) is 1. The first-order valence-electron chi connectivity index (χ1n) is 7.49. The van der Waals surface area contributed by atoms with E-state index in [0.29, 0.717) is 23.8 Å². The average molecular weight is 332 g/mol. The fraction of sp³-hybridized carbons (Fsp3) is 0.294. The summed E-state index contributed by atoms with van der Waals surface area (Å²) in [7, 11) is 0. The second-order valence-corrected chi connectivity index (χ2v) is 6.22. The zero-order chi connectivity index (χ0) is 16.4. The maximum atomic E-state index is 11.1. The lowest BCUT2D eigenvalue weighted by atomic mass is 9.79. The van der Waals surface area contributed by atoms with Gasteiger partial charge >= 0.3 is 0 Å². The number of amides is 1. The van der Waals surface area contributed by atoms with E-state index < -0.39 is 11.5 Å². The van der Waals surface area contributed by atoms with E-state index >= 15 is 0 Å². The first-order chi connectivity index (χ1) is 11.0. The molecular formula is C17H18ClN3O2. The van der Waals surface area contributed by atoms with E-state index in [4.69, 9.17) is 17.3 Å². The Morgan fingerprint density at radius 1 is 1.43 bits per heavy atom. The molecule has 1 unspecified atom stereocenters. The number of rotatable bonds is 4. The van der Waals surface area contributed by atoms with Crippen LogP contribution in [0.1, 0.15) is 34.3 Å². The average Bonchev–Trinajstić information content (AvgIpc) is 2.54. The Labute approximate surface area is 139 Å². The lowest BCUT2D eigenvalue weighted by molar-refractivity contribution is 0.0322. The summed E-state index contributed by atoms with van der Waals surface area (Å²) >= 11 is 6.12. The topological polar surface area (TPSA) is 88.2 Å². The van der Waals surface area contributed by atoms with E-state index in [1.165, 1.54) is 17.8 Å². The van der Waals surface area contributed by atoms with Crippen molar-refractivity contribution in [1.82, 2.24) is 4.98 Å². The summed E-state index contributed by atoms with van der Waals surface area (Å²) in [6.07, 6.45) is 3.95. The number of hydrogen-bond donors (Lipinski definition) is 3. The van der Waals surface area contributed by atoms with Crippen LogP contribution in [0.4, 0.5) is 5.82 Å². The van der Waals surface area contributed by atoms with Crippen LogP contribution in [0.15, 0.2) is 36.5 Å². The van der Waals surface area contributed by atoms with Gasteiger partial charge in [-0.25, -0.2) is 4.98 Å². The number of aromatic nitrogens is 1. The molecule has 0 bridgehead atoms. The van der Waals surface area contributed by atoms with Gasteiger partial charge in [0, 0.05) is 12.7 Å².